The Hall–Kier alpha value is -4.57. The molecule has 0 saturated carbocycles. The molecule has 0 fully saturated rings. The van der Waals surface area contributed by atoms with Gasteiger partial charge in [-0.1, -0.05) is 6.58 Å². The first kappa shape index (κ1) is 27.6. The van der Waals surface area contributed by atoms with Crippen molar-refractivity contribution in [3.63, 3.8) is 0 Å². The number of fused-ring (bicyclic) bond motifs is 4. The second-order valence-corrected chi connectivity index (χ2v) is 10.4. The van der Waals surface area contributed by atoms with E-state index >= 15 is 0 Å². The monoisotopic (exact) mass is 572 g/mol. The van der Waals surface area contributed by atoms with Crippen LogP contribution in [0.1, 0.15) is 22.6 Å². The van der Waals surface area contributed by atoms with E-state index in [1.165, 1.54) is 0 Å². The minimum Gasteiger partial charge on any atom is -0.497 e. The van der Waals surface area contributed by atoms with Crippen LogP contribution in [0.25, 0.3) is 0 Å². The molecule has 2 heterocycles. The summed E-state index contributed by atoms with van der Waals surface area (Å²) in [6.45, 7) is 6.46. The van der Waals surface area contributed by atoms with E-state index in [4.69, 9.17) is 39.3 Å². The third kappa shape index (κ3) is 4.61. The number of nitrogens with two attached hydrogens (primary N) is 1. The summed E-state index contributed by atoms with van der Waals surface area (Å²) in [7, 11) is 6.52. The molecule has 0 radical (unpaired) electrons. The van der Waals surface area contributed by atoms with Gasteiger partial charge in [0.2, 0.25) is 12.5 Å². The van der Waals surface area contributed by atoms with Gasteiger partial charge in [0.05, 0.1) is 46.4 Å². The fraction of sp³-hybridized carbons (Fsp3) is 0.344. The number of rotatable bonds is 10. The predicted octanol–water partition coefficient (Wildman–Crippen LogP) is 4.11. The highest BCUT2D eigenvalue weighted by atomic mass is 16.7. The van der Waals surface area contributed by atoms with Crippen LogP contribution in [0.3, 0.4) is 0 Å². The van der Waals surface area contributed by atoms with E-state index in [0.29, 0.717) is 48.4 Å². The number of anilines is 1. The van der Waals surface area contributed by atoms with Crippen LogP contribution in [0.4, 0.5) is 5.69 Å². The molecule has 10 heteroatoms. The number of hydrogen-bond donors (Lipinski definition) is 2. The molecule has 0 spiro atoms. The first-order chi connectivity index (χ1) is 20.5. The molecule has 42 heavy (non-hydrogen) atoms. The number of nitrogens with one attached hydrogen (secondary N) is 1. The molecule has 0 amide bonds. The normalized spacial score (nSPS) is 19.9. The van der Waals surface area contributed by atoms with Gasteiger partial charge in [0.25, 0.3) is 0 Å². The van der Waals surface area contributed by atoms with E-state index in [9.17, 15) is 0 Å². The summed E-state index contributed by atoms with van der Waals surface area (Å²) in [6, 6.07) is 16.1. The lowest BCUT2D eigenvalue weighted by Crippen LogP contribution is -2.41. The minimum absolute atomic E-state index is 0.00170. The van der Waals surface area contributed by atoms with Gasteiger partial charge in [0.1, 0.15) is 5.75 Å². The molecule has 0 unspecified atom stereocenters. The SMILES string of the molecule is C=C(NCCN)[C@@H]1[C@H](c2cc(OC)c(OC)c(OC)c2)c2cc3c(cc2C2=NN(c4ccc(OC)cc4)C[C@H]21)OCO3. The van der Waals surface area contributed by atoms with Gasteiger partial charge >= 0.3 is 0 Å². The predicted molar refractivity (Wildman–Crippen MR) is 161 cm³/mol. The lowest BCUT2D eigenvalue weighted by atomic mass is 9.64. The van der Waals surface area contributed by atoms with Gasteiger partial charge < -0.3 is 39.5 Å². The standard InChI is InChI=1S/C32H36N4O6/c1-18(34-11-10-33)29-24-16-36(20-6-8-21(37-2)9-7-20)35-31(24)23-15-26-25(41-17-42-26)14-22(23)30(29)19-12-27(38-3)32(40-5)28(13-19)39-4/h6-9,12-15,24,29-30,34H,1,10-11,16-17,33H2,2-5H3/t24-,29-,30+/m0/s1. The van der Waals surface area contributed by atoms with Gasteiger partial charge in [-0.2, -0.15) is 5.10 Å². The van der Waals surface area contributed by atoms with Crippen LogP contribution in [0.2, 0.25) is 0 Å². The molecule has 220 valence electrons. The van der Waals surface area contributed by atoms with Crippen molar-refractivity contribution in [1.29, 1.82) is 0 Å². The summed E-state index contributed by atoms with van der Waals surface area (Å²) in [5, 5.41) is 10.7. The summed E-state index contributed by atoms with van der Waals surface area (Å²) in [6.07, 6.45) is 0. The van der Waals surface area contributed by atoms with E-state index < -0.39 is 0 Å². The number of hydrazone groups is 1. The molecule has 2 aliphatic heterocycles. The highest BCUT2D eigenvalue weighted by Crippen LogP contribution is 2.53. The van der Waals surface area contributed by atoms with E-state index in [0.717, 1.165) is 39.5 Å². The van der Waals surface area contributed by atoms with Crippen LogP contribution in [-0.4, -0.2) is 60.6 Å². The Morgan fingerprint density at radius 3 is 2.29 bits per heavy atom. The summed E-state index contributed by atoms with van der Waals surface area (Å²) in [5.41, 5.74) is 11.8. The first-order valence-electron chi connectivity index (χ1n) is 13.9. The molecule has 0 saturated heterocycles. The molecule has 1 aliphatic carbocycles. The fourth-order valence-corrected chi connectivity index (χ4v) is 6.30. The number of ether oxygens (including phenoxy) is 6. The average Bonchev–Trinajstić information content (AvgIpc) is 3.68. The van der Waals surface area contributed by atoms with Crippen LogP contribution in [0.5, 0.6) is 34.5 Å². The number of benzene rings is 3. The second kappa shape index (κ2) is 11.4. The van der Waals surface area contributed by atoms with Gasteiger partial charge in [-0.25, -0.2) is 0 Å². The smallest absolute Gasteiger partial charge is 0.231 e. The quantitative estimate of drug-likeness (QED) is 0.371. The molecule has 3 N–H and O–H groups in total. The number of hydrogen-bond acceptors (Lipinski definition) is 10. The van der Waals surface area contributed by atoms with Crippen molar-refractivity contribution < 1.29 is 28.4 Å². The van der Waals surface area contributed by atoms with Crippen LogP contribution in [-0.2, 0) is 0 Å². The van der Waals surface area contributed by atoms with Crippen LogP contribution < -0.4 is 44.5 Å². The summed E-state index contributed by atoms with van der Waals surface area (Å²) >= 11 is 0. The van der Waals surface area contributed by atoms with Gasteiger partial charge in [-0.15, -0.1) is 0 Å². The molecule has 10 nitrogen and oxygen atoms in total. The molecular weight excluding hydrogens is 536 g/mol. The summed E-state index contributed by atoms with van der Waals surface area (Å²) in [5.74, 6) is 3.67. The number of methoxy groups -OCH3 is 4. The number of nitrogens with zero attached hydrogens (tertiary/aromatic N) is 2. The van der Waals surface area contributed by atoms with Crippen molar-refractivity contribution in [3.05, 3.63) is 77.5 Å². The van der Waals surface area contributed by atoms with Crippen molar-refractivity contribution in [2.45, 2.75) is 5.92 Å². The molecule has 3 aromatic rings. The fourth-order valence-electron chi connectivity index (χ4n) is 6.30. The average molecular weight is 573 g/mol. The van der Waals surface area contributed by atoms with Crippen molar-refractivity contribution in [3.8, 4) is 34.5 Å². The van der Waals surface area contributed by atoms with E-state index in [-0.39, 0.29) is 24.5 Å². The van der Waals surface area contributed by atoms with E-state index in [1.54, 1.807) is 28.4 Å². The van der Waals surface area contributed by atoms with Crippen molar-refractivity contribution in [1.82, 2.24) is 5.32 Å². The Morgan fingerprint density at radius 1 is 0.976 bits per heavy atom. The topological polar surface area (TPSA) is 109 Å². The number of allylic oxidation sites excluding steroid dienone is 1. The Labute approximate surface area is 245 Å². The summed E-state index contributed by atoms with van der Waals surface area (Å²) in [4.78, 5) is 0. The molecule has 0 aromatic heterocycles. The van der Waals surface area contributed by atoms with Crippen molar-refractivity contribution in [2.75, 3.05) is 59.9 Å². The van der Waals surface area contributed by atoms with Gasteiger partial charge in [-0.05, 0) is 59.7 Å². The lowest BCUT2D eigenvalue weighted by Gasteiger charge is -2.40. The summed E-state index contributed by atoms with van der Waals surface area (Å²) < 4.78 is 34.2. The first-order valence-corrected chi connectivity index (χ1v) is 13.9. The molecule has 3 aliphatic rings. The zero-order chi connectivity index (χ0) is 29.4. The Kier molecular flexibility index (Phi) is 7.47. The third-order valence-corrected chi connectivity index (χ3v) is 8.21. The van der Waals surface area contributed by atoms with E-state index in [2.05, 4.69) is 29.0 Å². The Balaban J connectivity index is 1.55. The lowest BCUT2D eigenvalue weighted by molar-refractivity contribution is 0.174. The highest BCUT2D eigenvalue weighted by molar-refractivity contribution is 6.08. The largest absolute Gasteiger partial charge is 0.497 e. The maximum absolute atomic E-state index is 5.90. The molecule has 6 rings (SSSR count). The van der Waals surface area contributed by atoms with Gasteiger partial charge in [0, 0.05) is 42.1 Å². The zero-order valence-electron chi connectivity index (χ0n) is 24.3. The van der Waals surface area contributed by atoms with Crippen LogP contribution in [0.15, 0.2) is 65.9 Å². The van der Waals surface area contributed by atoms with Crippen molar-refractivity contribution in [2.24, 2.45) is 22.7 Å². The molecule has 3 atom stereocenters. The van der Waals surface area contributed by atoms with Crippen LogP contribution >= 0.6 is 0 Å². The molecule has 0 bridgehead atoms. The second-order valence-electron chi connectivity index (χ2n) is 10.4. The molecular formula is C32H36N4O6. The maximum atomic E-state index is 5.90. The van der Waals surface area contributed by atoms with Gasteiger partial charge in [-0.3, -0.25) is 5.01 Å². The van der Waals surface area contributed by atoms with Crippen molar-refractivity contribution >= 4 is 11.4 Å². The maximum Gasteiger partial charge on any atom is 0.231 e. The Bertz CT molecular complexity index is 1500. The Morgan fingerprint density at radius 2 is 1.67 bits per heavy atom. The van der Waals surface area contributed by atoms with Crippen LogP contribution in [0, 0.1) is 11.8 Å². The zero-order valence-corrected chi connectivity index (χ0v) is 24.3. The molecule has 3 aromatic carbocycles. The minimum atomic E-state index is -0.152. The van der Waals surface area contributed by atoms with E-state index in [1.807, 2.05) is 36.4 Å². The van der Waals surface area contributed by atoms with Gasteiger partial charge in [0.15, 0.2) is 23.0 Å². The third-order valence-electron chi connectivity index (χ3n) is 8.21. The highest BCUT2D eigenvalue weighted by Gasteiger charge is 2.47.